The fourth-order valence-electron chi connectivity index (χ4n) is 2.63. The predicted octanol–water partition coefficient (Wildman–Crippen LogP) is 2.88. The van der Waals surface area contributed by atoms with E-state index in [1.165, 1.54) is 12.1 Å². The number of piperazine rings is 1. The summed E-state index contributed by atoms with van der Waals surface area (Å²) in [5, 5.41) is 3.33. The van der Waals surface area contributed by atoms with Gasteiger partial charge in [0.15, 0.2) is 0 Å². The van der Waals surface area contributed by atoms with E-state index in [1.807, 2.05) is 13.8 Å². The molecule has 3 nitrogen and oxygen atoms in total. The van der Waals surface area contributed by atoms with Crippen LogP contribution < -0.4 is 5.32 Å². The van der Waals surface area contributed by atoms with Crippen molar-refractivity contribution in [3.63, 3.8) is 0 Å². The van der Waals surface area contributed by atoms with Gasteiger partial charge in [-0.2, -0.15) is 13.2 Å². The summed E-state index contributed by atoms with van der Waals surface area (Å²) in [6.07, 6.45) is -4.20. The lowest BCUT2D eigenvalue weighted by molar-refractivity contribution is -0.137. The van der Waals surface area contributed by atoms with Crippen LogP contribution in [0.15, 0.2) is 24.3 Å². The second-order valence-corrected chi connectivity index (χ2v) is 5.64. The van der Waals surface area contributed by atoms with Gasteiger partial charge in [-0.3, -0.25) is 4.79 Å². The van der Waals surface area contributed by atoms with Gasteiger partial charge in [0.1, 0.15) is 0 Å². The van der Waals surface area contributed by atoms with Crippen molar-refractivity contribution in [1.82, 2.24) is 10.2 Å². The monoisotopic (exact) mass is 336 g/mol. The zero-order valence-corrected chi connectivity index (χ0v) is 13.3. The van der Waals surface area contributed by atoms with Crippen molar-refractivity contribution in [3.8, 4) is 0 Å². The number of nitrogens with one attached hydrogen (secondary N) is 1. The third-order valence-electron chi connectivity index (χ3n) is 3.55. The summed E-state index contributed by atoms with van der Waals surface area (Å²) < 4.78 is 37.4. The maximum atomic E-state index is 12.5. The highest BCUT2D eigenvalue weighted by molar-refractivity contribution is 5.85. The third-order valence-corrected chi connectivity index (χ3v) is 3.55. The maximum Gasteiger partial charge on any atom is 0.416 e. The second-order valence-electron chi connectivity index (χ2n) is 5.64. The Kier molecular flexibility index (Phi) is 6.26. The van der Waals surface area contributed by atoms with E-state index in [-0.39, 0.29) is 36.8 Å². The van der Waals surface area contributed by atoms with Gasteiger partial charge in [-0.15, -0.1) is 12.4 Å². The Labute approximate surface area is 134 Å². The molecule has 1 saturated heterocycles. The fourth-order valence-corrected chi connectivity index (χ4v) is 2.63. The van der Waals surface area contributed by atoms with Crippen molar-refractivity contribution in [2.24, 2.45) is 0 Å². The van der Waals surface area contributed by atoms with Crippen LogP contribution in [-0.4, -0.2) is 36.0 Å². The molecule has 0 bridgehead atoms. The summed E-state index contributed by atoms with van der Waals surface area (Å²) >= 11 is 0. The summed E-state index contributed by atoms with van der Waals surface area (Å²) in [7, 11) is 0. The zero-order chi connectivity index (χ0) is 15.6. The zero-order valence-electron chi connectivity index (χ0n) is 12.5. The summed E-state index contributed by atoms with van der Waals surface area (Å²) in [6, 6.07) is 5.23. The van der Waals surface area contributed by atoms with Crippen LogP contribution in [0.25, 0.3) is 0 Å². The topological polar surface area (TPSA) is 32.3 Å². The molecule has 1 aliphatic heterocycles. The molecule has 0 radical (unpaired) electrons. The van der Waals surface area contributed by atoms with E-state index in [4.69, 9.17) is 0 Å². The molecule has 2 rings (SSSR count). The molecule has 0 aromatic heterocycles. The lowest BCUT2D eigenvalue weighted by Gasteiger charge is -2.36. The van der Waals surface area contributed by atoms with Crippen molar-refractivity contribution in [2.45, 2.75) is 38.5 Å². The average Bonchev–Trinajstić information content (AvgIpc) is 2.37. The van der Waals surface area contributed by atoms with Crippen LogP contribution in [0.4, 0.5) is 13.2 Å². The van der Waals surface area contributed by atoms with Gasteiger partial charge in [-0.05, 0) is 31.5 Å². The first kappa shape index (κ1) is 18.8. The van der Waals surface area contributed by atoms with Gasteiger partial charge in [0, 0.05) is 25.2 Å². The van der Waals surface area contributed by atoms with E-state index in [1.54, 1.807) is 4.90 Å². The van der Waals surface area contributed by atoms with Gasteiger partial charge in [0.2, 0.25) is 5.91 Å². The smallest absolute Gasteiger partial charge is 0.339 e. The molecule has 1 aromatic carbocycles. The quantitative estimate of drug-likeness (QED) is 0.900. The number of carbonyl (C=O) groups is 1. The molecule has 22 heavy (non-hydrogen) atoms. The van der Waals surface area contributed by atoms with Gasteiger partial charge in [-0.1, -0.05) is 12.1 Å². The molecule has 0 spiro atoms. The first-order valence-electron chi connectivity index (χ1n) is 6.95. The SMILES string of the molecule is CC1CN(C(=O)Cc2ccc(C(F)(F)F)cc2)CC(C)N1.Cl. The second kappa shape index (κ2) is 7.33. The molecule has 7 heteroatoms. The van der Waals surface area contributed by atoms with E-state index < -0.39 is 11.7 Å². The van der Waals surface area contributed by atoms with Gasteiger partial charge < -0.3 is 10.2 Å². The summed E-state index contributed by atoms with van der Waals surface area (Å²) in [5.74, 6) is -0.0463. The van der Waals surface area contributed by atoms with Crippen LogP contribution in [0.1, 0.15) is 25.0 Å². The number of halogens is 4. The summed E-state index contributed by atoms with van der Waals surface area (Å²) in [6.45, 7) is 5.27. The van der Waals surface area contributed by atoms with Crippen molar-refractivity contribution in [2.75, 3.05) is 13.1 Å². The standard InChI is InChI=1S/C15H19F3N2O.ClH/c1-10-8-20(9-11(2)19-10)14(21)7-12-3-5-13(6-4-12)15(16,17)18;/h3-6,10-11,19H,7-9H2,1-2H3;1H. The van der Waals surface area contributed by atoms with Crippen molar-refractivity contribution >= 4 is 18.3 Å². The summed E-state index contributed by atoms with van der Waals surface area (Å²) in [4.78, 5) is 14.0. The van der Waals surface area contributed by atoms with E-state index in [9.17, 15) is 18.0 Å². The highest BCUT2D eigenvalue weighted by Gasteiger charge is 2.30. The van der Waals surface area contributed by atoms with Crippen molar-refractivity contribution in [1.29, 1.82) is 0 Å². The molecule has 2 unspecified atom stereocenters. The first-order chi connectivity index (χ1) is 9.75. The van der Waals surface area contributed by atoms with Gasteiger partial charge >= 0.3 is 6.18 Å². The minimum atomic E-state index is -4.34. The molecule has 0 aliphatic carbocycles. The normalized spacial score (nSPS) is 22.1. The fraction of sp³-hybridized carbons (Fsp3) is 0.533. The molecule has 124 valence electrons. The molecule has 1 aromatic rings. The van der Waals surface area contributed by atoms with E-state index >= 15 is 0 Å². The molecular weight excluding hydrogens is 317 g/mol. The minimum Gasteiger partial charge on any atom is -0.339 e. The number of nitrogens with zero attached hydrogens (tertiary/aromatic N) is 1. The van der Waals surface area contributed by atoms with E-state index in [0.717, 1.165) is 12.1 Å². The highest BCUT2D eigenvalue weighted by atomic mass is 35.5. The molecule has 0 saturated carbocycles. The molecule has 1 fully saturated rings. The van der Waals surface area contributed by atoms with E-state index in [0.29, 0.717) is 18.7 Å². The third kappa shape index (κ3) is 4.88. The molecule has 1 aliphatic rings. The molecule has 1 N–H and O–H groups in total. The Bertz CT molecular complexity index is 495. The Morgan fingerprint density at radius 1 is 1.18 bits per heavy atom. The Balaban J connectivity index is 0.00000242. The Hall–Kier alpha value is -1.27. The van der Waals surface area contributed by atoms with Gasteiger partial charge in [-0.25, -0.2) is 0 Å². The predicted molar refractivity (Wildman–Crippen MR) is 81.0 cm³/mol. The van der Waals surface area contributed by atoms with Gasteiger partial charge in [0.25, 0.3) is 0 Å². The lowest BCUT2D eigenvalue weighted by atomic mass is 10.1. The molecule has 2 atom stereocenters. The van der Waals surface area contributed by atoms with Crippen molar-refractivity contribution in [3.05, 3.63) is 35.4 Å². The highest BCUT2D eigenvalue weighted by Crippen LogP contribution is 2.29. The number of hydrogen-bond acceptors (Lipinski definition) is 2. The van der Waals surface area contributed by atoms with Crippen LogP contribution in [0.2, 0.25) is 0 Å². The average molecular weight is 337 g/mol. The number of alkyl halides is 3. The lowest BCUT2D eigenvalue weighted by Crippen LogP contribution is -2.56. The van der Waals surface area contributed by atoms with E-state index in [2.05, 4.69) is 5.32 Å². The first-order valence-corrected chi connectivity index (χ1v) is 6.95. The minimum absolute atomic E-state index is 0. The number of rotatable bonds is 2. The molecule has 1 amide bonds. The van der Waals surface area contributed by atoms with Crippen LogP contribution in [0.3, 0.4) is 0 Å². The number of benzene rings is 1. The van der Waals surface area contributed by atoms with Crippen LogP contribution in [-0.2, 0) is 17.4 Å². The van der Waals surface area contributed by atoms with Crippen molar-refractivity contribution < 1.29 is 18.0 Å². The molecule has 1 heterocycles. The van der Waals surface area contributed by atoms with Gasteiger partial charge in [0.05, 0.1) is 12.0 Å². The maximum absolute atomic E-state index is 12.5. The Morgan fingerprint density at radius 3 is 2.14 bits per heavy atom. The number of carbonyl (C=O) groups excluding carboxylic acids is 1. The Morgan fingerprint density at radius 2 is 1.68 bits per heavy atom. The van der Waals surface area contributed by atoms with Crippen LogP contribution in [0.5, 0.6) is 0 Å². The van der Waals surface area contributed by atoms with Crippen LogP contribution in [0, 0.1) is 0 Å². The number of hydrogen-bond donors (Lipinski definition) is 1. The molecular formula is C15H20ClF3N2O. The summed E-state index contributed by atoms with van der Waals surface area (Å²) in [5.41, 5.74) is -0.0880. The van der Waals surface area contributed by atoms with Crippen LogP contribution >= 0.6 is 12.4 Å². The largest absolute Gasteiger partial charge is 0.416 e. The number of amides is 1.